The number of nitrogens with one attached hydrogen (secondary N) is 1. The summed E-state index contributed by atoms with van der Waals surface area (Å²) in [6.07, 6.45) is 6.45. The molecule has 2 atom stereocenters. The van der Waals surface area contributed by atoms with Crippen molar-refractivity contribution in [1.82, 2.24) is 5.32 Å². The molecular formula is C10H19NO2. The predicted molar refractivity (Wildman–Crippen MR) is 53.4 cm³/mol. The van der Waals surface area contributed by atoms with Crippen molar-refractivity contribution in [2.45, 2.75) is 31.9 Å². The van der Waals surface area contributed by atoms with Gasteiger partial charge in [0.2, 0.25) is 0 Å². The van der Waals surface area contributed by atoms with Crippen LogP contribution in [0.15, 0.2) is 0 Å². The molecule has 0 heterocycles. The summed E-state index contributed by atoms with van der Waals surface area (Å²) in [7, 11) is 1.58. The van der Waals surface area contributed by atoms with Crippen molar-refractivity contribution in [3.05, 3.63) is 0 Å². The molecule has 0 radical (unpaired) electrons. The maximum Gasteiger partial charge on any atom is 0.0785 e. The predicted octanol–water partition coefficient (Wildman–Crippen LogP) is 0.385. The Kier molecular flexibility index (Phi) is 7.71. The van der Waals surface area contributed by atoms with Gasteiger partial charge in [-0.25, -0.2) is 0 Å². The van der Waals surface area contributed by atoms with Gasteiger partial charge < -0.3 is 15.2 Å². The molecule has 0 saturated heterocycles. The van der Waals surface area contributed by atoms with Gasteiger partial charge in [0.1, 0.15) is 0 Å². The lowest BCUT2D eigenvalue weighted by molar-refractivity contribution is 0.0592. The number of aliphatic hydroxyl groups is 1. The Morgan fingerprint density at radius 3 is 2.77 bits per heavy atom. The Balaban J connectivity index is 3.38. The van der Waals surface area contributed by atoms with Crippen LogP contribution in [0, 0.1) is 12.3 Å². The summed E-state index contributed by atoms with van der Waals surface area (Å²) in [5.41, 5.74) is 0. The summed E-state index contributed by atoms with van der Waals surface area (Å²) in [6.45, 7) is 3.14. The van der Waals surface area contributed by atoms with E-state index < -0.39 is 6.10 Å². The second-order valence-electron chi connectivity index (χ2n) is 2.98. The van der Waals surface area contributed by atoms with Crippen LogP contribution in [0.1, 0.15) is 19.8 Å². The normalized spacial score (nSPS) is 14.9. The van der Waals surface area contributed by atoms with E-state index in [-0.39, 0.29) is 6.04 Å². The number of aliphatic hydroxyl groups excluding tert-OH is 1. The van der Waals surface area contributed by atoms with E-state index >= 15 is 0 Å². The molecule has 76 valence electrons. The summed E-state index contributed by atoms with van der Waals surface area (Å²) >= 11 is 0. The van der Waals surface area contributed by atoms with Crippen LogP contribution in [0.25, 0.3) is 0 Å². The van der Waals surface area contributed by atoms with E-state index in [0.29, 0.717) is 13.0 Å². The van der Waals surface area contributed by atoms with Crippen LogP contribution in [0.2, 0.25) is 0 Å². The third-order valence-corrected chi connectivity index (χ3v) is 1.84. The second kappa shape index (κ2) is 8.06. The Morgan fingerprint density at radius 1 is 1.62 bits per heavy atom. The number of rotatable bonds is 7. The molecule has 0 rings (SSSR count). The van der Waals surface area contributed by atoms with E-state index in [9.17, 15) is 5.11 Å². The molecule has 0 saturated carbocycles. The first-order valence-corrected chi connectivity index (χ1v) is 4.61. The highest BCUT2D eigenvalue weighted by molar-refractivity contribution is 4.97. The molecule has 13 heavy (non-hydrogen) atoms. The highest BCUT2D eigenvalue weighted by Crippen LogP contribution is 1.93. The SMILES string of the molecule is C#CC(CC)NCCC(O)COC. The fourth-order valence-electron chi connectivity index (χ4n) is 1.02. The van der Waals surface area contributed by atoms with Gasteiger partial charge in [0.15, 0.2) is 0 Å². The third-order valence-electron chi connectivity index (χ3n) is 1.84. The number of hydrogen-bond donors (Lipinski definition) is 2. The molecule has 0 spiro atoms. The zero-order valence-electron chi connectivity index (χ0n) is 8.42. The molecule has 3 nitrogen and oxygen atoms in total. The van der Waals surface area contributed by atoms with Crippen LogP contribution in [-0.4, -0.2) is 37.5 Å². The summed E-state index contributed by atoms with van der Waals surface area (Å²) < 4.78 is 4.80. The van der Waals surface area contributed by atoms with E-state index in [0.717, 1.165) is 13.0 Å². The zero-order chi connectivity index (χ0) is 10.1. The minimum atomic E-state index is -0.396. The average Bonchev–Trinajstić information content (AvgIpc) is 2.13. The monoisotopic (exact) mass is 185 g/mol. The number of ether oxygens (including phenoxy) is 1. The van der Waals surface area contributed by atoms with Crippen LogP contribution in [-0.2, 0) is 4.74 Å². The van der Waals surface area contributed by atoms with E-state index in [2.05, 4.69) is 11.2 Å². The van der Waals surface area contributed by atoms with Crippen LogP contribution in [0.5, 0.6) is 0 Å². The molecule has 0 aliphatic carbocycles. The van der Waals surface area contributed by atoms with Gasteiger partial charge in [-0.3, -0.25) is 0 Å². The first kappa shape index (κ1) is 12.4. The molecule has 3 heteroatoms. The lowest BCUT2D eigenvalue weighted by Gasteiger charge is -2.13. The topological polar surface area (TPSA) is 41.5 Å². The fraction of sp³-hybridized carbons (Fsp3) is 0.800. The third kappa shape index (κ3) is 6.59. The van der Waals surface area contributed by atoms with E-state index in [1.165, 1.54) is 0 Å². The molecule has 0 aromatic rings. The summed E-state index contributed by atoms with van der Waals surface area (Å²) in [5, 5.41) is 12.4. The second-order valence-corrected chi connectivity index (χ2v) is 2.98. The summed E-state index contributed by atoms with van der Waals surface area (Å²) in [4.78, 5) is 0. The molecule has 0 fully saturated rings. The van der Waals surface area contributed by atoms with E-state index in [1.54, 1.807) is 7.11 Å². The van der Waals surface area contributed by atoms with Crippen molar-refractivity contribution in [2.75, 3.05) is 20.3 Å². The minimum absolute atomic E-state index is 0.120. The Labute approximate surface area is 80.5 Å². The molecule has 0 amide bonds. The molecule has 2 unspecified atom stereocenters. The van der Waals surface area contributed by atoms with Gasteiger partial charge in [0, 0.05) is 7.11 Å². The fourth-order valence-corrected chi connectivity index (χ4v) is 1.02. The van der Waals surface area contributed by atoms with Gasteiger partial charge in [0.25, 0.3) is 0 Å². The number of methoxy groups -OCH3 is 1. The molecule has 0 bridgehead atoms. The van der Waals surface area contributed by atoms with Gasteiger partial charge in [-0.2, -0.15) is 0 Å². The standard InChI is InChI=1S/C10H19NO2/c1-4-9(5-2)11-7-6-10(12)8-13-3/h1,9-12H,5-8H2,2-3H3. The maximum atomic E-state index is 9.29. The number of terminal acetylenes is 1. The van der Waals surface area contributed by atoms with Crippen molar-refractivity contribution in [3.8, 4) is 12.3 Å². The van der Waals surface area contributed by atoms with Gasteiger partial charge in [-0.05, 0) is 19.4 Å². The lowest BCUT2D eigenvalue weighted by Crippen LogP contribution is -2.30. The van der Waals surface area contributed by atoms with E-state index in [1.807, 2.05) is 6.92 Å². The molecular weight excluding hydrogens is 166 g/mol. The summed E-state index contributed by atoms with van der Waals surface area (Å²) in [5.74, 6) is 2.63. The van der Waals surface area contributed by atoms with Crippen molar-refractivity contribution < 1.29 is 9.84 Å². The van der Waals surface area contributed by atoms with Crippen molar-refractivity contribution >= 4 is 0 Å². The number of hydrogen-bond acceptors (Lipinski definition) is 3. The first-order valence-electron chi connectivity index (χ1n) is 4.61. The van der Waals surface area contributed by atoms with Crippen LogP contribution in [0.3, 0.4) is 0 Å². The maximum absolute atomic E-state index is 9.29. The van der Waals surface area contributed by atoms with Crippen molar-refractivity contribution in [3.63, 3.8) is 0 Å². The van der Waals surface area contributed by atoms with E-state index in [4.69, 9.17) is 11.2 Å². The highest BCUT2D eigenvalue weighted by atomic mass is 16.5. The first-order chi connectivity index (χ1) is 6.24. The molecule has 2 N–H and O–H groups in total. The van der Waals surface area contributed by atoms with Crippen molar-refractivity contribution in [2.24, 2.45) is 0 Å². The quantitative estimate of drug-likeness (QED) is 0.564. The highest BCUT2D eigenvalue weighted by Gasteiger charge is 2.04. The average molecular weight is 185 g/mol. The Hall–Kier alpha value is -0.560. The largest absolute Gasteiger partial charge is 0.391 e. The Bertz CT molecular complexity index is 153. The zero-order valence-corrected chi connectivity index (χ0v) is 8.42. The van der Waals surface area contributed by atoms with Gasteiger partial charge in [-0.1, -0.05) is 12.8 Å². The van der Waals surface area contributed by atoms with Crippen LogP contribution in [0.4, 0.5) is 0 Å². The van der Waals surface area contributed by atoms with Gasteiger partial charge in [0.05, 0.1) is 18.8 Å². The molecule has 0 aromatic carbocycles. The molecule has 0 aliphatic rings. The lowest BCUT2D eigenvalue weighted by atomic mass is 10.2. The summed E-state index contributed by atoms with van der Waals surface area (Å²) in [6, 6.07) is 0.120. The van der Waals surface area contributed by atoms with Crippen LogP contribution >= 0.6 is 0 Å². The van der Waals surface area contributed by atoms with Crippen LogP contribution < -0.4 is 5.32 Å². The smallest absolute Gasteiger partial charge is 0.0785 e. The van der Waals surface area contributed by atoms with Gasteiger partial charge >= 0.3 is 0 Å². The Morgan fingerprint density at radius 2 is 2.31 bits per heavy atom. The molecule has 0 aromatic heterocycles. The minimum Gasteiger partial charge on any atom is -0.391 e. The molecule has 0 aliphatic heterocycles. The van der Waals surface area contributed by atoms with Gasteiger partial charge in [-0.15, -0.1) is 6.42 Å². The van der Waals surface area contributed by atoms with Crippen molar-refractivity contribution in [1.29, 1.82) is 0 Å².